The SMILES string of the molecule is CC1(CO)CCCC1NCc1cc(F)ccc1F. The highest BCUT2D eigenvalue weighted by atomic mass is 19.1. The van der Waals surface area contributed by atoms with Crippen molar-refractivity contribution in [3.05, 3.63) is 35.4 Å². The smallest absolute Gasteiger partial charge is 0.127 e. The van der Waals surface area contributed by atoms with Gasteiger partial charge in [0.15, 0.2) is 0 Å². The van der Waals surface area contributed by atoms with Gasteiger partial charge in [0.05, 0.1) is 0 Å². The molecule has 0 saturated heterocycles. The first-order chi connectivity index (χ1) is 8.55. The van der Waals surface area contributed by atoms with Crippen molar-refractivity contribution in [2.75, 3.05) is 6.61 Å². The molecule has 1 aliphatic rings. The number of aliphatic hydroxyl groups excluding tert-OH is 1. The number of aliphatic hydroxyl groups is 1. The lowest BCUT2D eigenvalue weighted by Gasteiger charge is -2.30. The van der Waals surface area contributed by atoms with E-state index in [1.807, 2.05) is 6.92 Å². The molecule has 2 N–H and O–H groups in total. The molecule has 0 bridgehead atoms. The Balaban J connectivity index is 2.01. The predicted molar refractivity (Wildman–Crippen MR) is 66.0 cm³/mol. The Morgan fingerprint density at radius 1 is 1.44 bits per heavy atom. The van der Waals surface area contributed by atoms with Crippen molar-refractivity contribution in [2.45, 2.75) is 38.8 Å². The van der Waals surface area contributed by atoms with Gasteiger partial charge in [-0.3, -0.25) is 0 Å². The molecule has 1 aromatic rings. The molecule has 0 spiro atoms. The molecule has 0 aliphatic heterocycles. The minimum atomic E-state index is -0.426. The van der Waals surface area contributed by atoms with E-state index in [0.717, 1.165) is 31.4 Å². The zero-order valence-corrected chi connectivity index (χ0v) is 10.5. The van der Waals surface area contributed by atoms with Crippen LogP contribution in [-0.4, -0.2) is 17.8 Å². The van der Waals surface area contributed by atoms with Crippen LogP contribution >= 0.6 is 0 Å². The van der Waals surface area contributed by atoms with Gasteiger partial charge in [0, 0.05) is 30.2 Å². The van der Waals surface area contributed by atoms with Crippen LogP contribution in [0.25, 0.3) is 0 Å². The van der Waals surface area contributed by atoms with Gasteiger partial charge < -0.3 is 10.4 Å². The van der Waals surface area contributed by atoms with E-state index in [-0.39, 0.29) is 18.1 Å². The zero-order valence-electron chi connectivity index (χ0n) is 10.5. The van der Waals surface area contributed by atoms with Gasteiger partial charge in [-0.05, 0) is 31.0 Å². The van der Waals surface area contributed by atoms with Crippen LogP contribution in [0.15, 0.2) is 18.2 Å². The van der Waals surface area contributed by atoms with Crippen molar-refractivity contribution in [1.82, 2.24) is 5.32 Å². The summed E-state index contributed by atoms with van der Waals surface area (Å²) >= 11 is 0. The molecular weight excluding hydrogens is 236 g/mol. The maximum atomic E-state index is 13.5. The minimum Gasteiger partial charge on any atom is -0.396 e. The van der Waals surface area contributed by atoms with Crippen molar-refractivity contribution in [3.63, 3.8) is 0 Å². The number of halogens is 2. The molecule has 4 heteroatoms. The summed E-state index contributed by atoms with van der Waals surface area (Å²) in [5.41, 5.74) is 0.186. The molecule has 2 unspecified atom stereocenters. The standard InChI is InChI=1S/C14H19F2NO/c1-14(9-18)6-2-3-13(14)17-8-10-7-11(15)4-5-12(10)16/h4-5,7,13,17-18H,2-3,6,8-9H2,1H3. The monoisotopic (exact) mass is 255 g/mol. The van der Waals surface area contributed by atoms with Crippen LogP contribution in [0.2, 0.25) is 0 Å². The first kappa shape index (κ1) is 13.4. The van der Waals surface area contributed by atoms with E-state index in [1.54, 1.807) is 0 Å². The second kappa shape index (κ2) is 5.33. The molecular formula is C14H19F2NO. The van der Waals surface area contributed by atoms with E-state index in [4.69, 9.17) is 0 Å². The number of rotatable bonds is 4. The quantitative estimate of drug-likeness (QED) is 0.866. The van der Waals surface area contributed by atoms with Crippen molar-refractivity contribution in [3.8, 4) is 0 Å². The van der Waals surface area contributed by atoms with Gasteiger partial charge >= 0.3 is 0 Å². The maximum Gasteiger partial charge on any atom is 0.127 e. The molecule has 1 aliphatic carbocycles. The van der Waals surface area contributed by atoms with Gasteiger partial charge in [-0.2, -0.15) is 0 Å². The number of benzene rings is 1. The van der Waals surface area contributed by atoms with Gasteiger partial charge in [-0.15, -0.1) is 0 Å². The Morgan fingerprint density at radius 3 is 2.94 bits per heavy atom. The van der Waals surface area contributed by atoms with Gasteiger partial charge in [-0.25, -0.2) is 8.78 Å². The van der Waals surface area contributed by atoms with Crippen LogP contribution in [-0.2, 0) is 6.54 Å². The fraction of sp³-hybridized carbons (Fsp3) is 0.571. The zero-order chi connectivity index (χ0) is 13.2. The van der Waals surface area contributed by atoms with Crippen LogP contribution in [0, 0.1) is 17.0 Å². The third-order valence-electron chi connectivity index (χ3n) is 3.99. The molecule has 1 fully saturated rings. The molecule has 1 aromatic carbocycles. The van der Waals surface area contributed by atoms with Crippen LogP contribution in [0.5, 0.6) is 0 Å². The maximum absolute atomic E-state index is 13.5. The van der Waals surface area contributed by atoms with Crippen LogP contribution in [0.1, 0.15) is 31.7 Å². The lowest BCUT2D eigenvalue weighted by molar-refractivity contribution is 0.118. The number of hydrogen-bond donors (Lipinski definition) is 2. The highest BCUT2D eigenvalue weighted by Crippen LogP contribution is 2.37. The topological polar surface area (TPSA) is 32.3 Å². The van der Waals surface area contributed by atoms with Crippen molar-refractivity contribution < 1.29 is 13.9 Å². The third-order valence-corrected chi connectivity index (χ3v) is 3.99. The second-order valence-electron chi connectivity index (χ2n) is 5.37. The van der Waals surface area contributed by atoms with Crippen LogP contribution in [0.4, 0.5) is 8.78 Å². The summed E-state index contributed by atoms with van der Waals surface area (Å²) < 4.78 is 26.5. The highest BCUT2D eigenvalue weighted by molar-refractivity contribution is 5.18. The van der Waals surface area contributed by atoms with Gasteiger partial charge in [-0.1, -0.05) is 13.3 Å². The molecule has 0 amide bonds. The first-order valence-electron chi connectivity index (χ1n) is 6.33. The van der Waals surface area contributed by atoms with Crippen molar-refractivity contribution >= 4 is 0 Å². The predicted octanol–water partition coefficient (Wildman–Crippen LogP) is 2.61. The lowest BCUT2D eigenvalue weighted by Crippen LogP contribution is -2.41. The summed E-state index contributed by atoms with van der Waals surface area (Å²) in [6, 6.07) is 3.64. The van der Waals surface area contributed by atoms with Gasteiger partial charge in [0.25, 0.3) is 0 Å². The second-order valence-corrected chi connectivity index (χ2v) is 5.37. The minimum absolute atomic E-state index is 0.121. The van der Waals surface area contributed by atoms with Crippen molar-refractivity contribution in [2.24, 2.45) is 5.41 Å². The van der Waals surface area contributed by atoms with Crippen LogP contribution < -0.4 is 5.32 Å². The number of hydrogen-bond acceptors (Lipinski definition) is 2. The van der Waals surface area contributed by atoms with Crippen molar-refractivity contribution in [1.29, 1.82) is 0 Å². The number of nitrogens with one attached hydrogen (secondary N) is 1. The average Bonchev–Trinajstić information content (AvgIpc) is 2.73. The first-order valence-corrected chi connectivity index (χ1v) is 6.33. The summed E-state index contributed by atoms with van der Waals surface area (Å²) in [6.45, 7) is 2.44. The molecule has 2 nitrogen and oxygen atoms in total. The van der Waals surface area contributed by atoms with E-state index in [0.29, 0.717) is 12.1 Å². The fourth-order valence-electron chi connectivity index (χ4n) is 2.68. The molecule has 2 rings (SSSR count). The molecule has 2 atom stereocenters. The molecule has 0 heterocycles. The van der Waals surface area contributed by atoms with Gasteiger partial charge in [0.2, 0.25) is 0 Å². The third kappa shape index (κ3) is 2.70. The Morgan fingerprint density at radius 2 is 2.22 bits per heavy atom. The van der Waals surface area contributed by atoms with E-state index in [2.05, 4.69) is 5.32 Å². The fourth-order valence-corrected chi connectivity index (χ4v) is 2.68. The molecule has 1 saturated carbocycles. The highest BCUT2D eigenvalue weighted by Gasteiger charge is 2.37. The van der Waals surface area contributed by atoms with Gasteiger partial charge in [0.1, 0.15) is 11.6 Å². The molecule has 0 aromatic heterocycles. The molecule has 18 heavy (non-hydrogen) atoms. The summed E-state index contributed by atoms with van der Waals surface area (Å²) in [5, 5.41) is 12.7. The largest absolute Gasteiger partial charge is 0.396 e. The average molecular weight is 255 g/mol. The summed E-state index contributed by atoms with van der Waals surface area (Å²) in [7, 11) is 0. The Kier molecular flexibility index (Phi) is 3.97. The Hall–Kier alpha value is -1.00. The Labute approximate surface area is 106 Å². The normalized spacial score (nSPS) is 27.7. The van der Waals surface area contributed by atoms with E-state index in [9.17, 15) is 13.9 Å². The summed E-state index contributed by atoms with van der Waals surface area (Å²) in [4.78, 5) is 0. The summed E-state index contributed by atoms with van der Waals surface area (Å²) in [5.74, 6) is -0.822. The van der Waals surface area contributed by atoms with E-state index < -0.39 is 11.6 Å². The molecule has 0 radical (unpaired) electrons. The van der Waals surface area contributed by atoms with Crippen LogP contribution in [0.3, 0.4) is 0 Å². The van der Waals surface area contributed by atoms with E-state index >= 15 is 0 Å². The Bertz CT molecular complexity index is 424. The van der Waals surface area contributed by atoms with E-state index in [1.165, 1.54) is 6.07 Å². The summed E-state index contributed by atoms with van der Waals surface area (Å²) in [6.07, 6.45) is 2.99. The molecule has 100 valence electrons. The lowest BCUT2D eigenvalue weighted by atomic mass is 9.86.